The number of Topliss-reactive ketones (excluding diaryl/α,β-unsaturated/α-hetero) is 1. The van der Waals surface area contributed by atoms with Gasteiger partial charge in [-0.05, 0) is 49.1 Å². The van der Waals surface area contributed by atoms with Crippen LogP contribution in [0.1, 0.15) is 42.0 Å². The highest BCUT2D eigenvalue weighted by atomic mass is 32.1. The number of hydrogen-bond donors (Lipinski definition) is 0. The van der Waals surface area contributed by atoms with Crippen LogP contribution in [0.2, 0.25) is 0 Å². The van der Waals surface area contributed by atoms with E-state index in [0.717, 1.165) is 35.4 Å². The maximum absolute atomic E-state index is 13.5. The molecule has 0 N–H and O–H groups in total. The molecular formula is C25H22N2O3S. The van der Waals surface area contributed by atoms with Crippen molar-refractivity contribution in [3.8, 4) is 5.75 Å². The van der Waals surface area contributed by atoms with Gasteiger partial charge in [0, 0.05) is 12.0 Å². The van der Waals surface area contributed by atoms with Crippen molar-refractivity contribution in [2.75, 3.05) is 7.11 Å². The second-order valence-electron chi connectivity index (χ2n) is 7.90. The van der Waals surface area contributed by atoms with Gasteiger partial charge < -0.3 is 4.74 Å². The fraction of sp³-hybridized carbons (Fsp3) is 0.240. The van der Waals surface area contributed by atoms with Crippen LogP contribution in [-0.4, -0.2) is 17.5 Å². The number of allylic oxidation sites excluding steroid dienone is 2. The fourth-order valence-electron chi connectivity index (χ4n) is 4.23. The average Bonchev–Trinajstić information content (AvgIpc) is 3.09. The zero-order chi connectivity index (χ0) is 21.5. The van der Waals surface area contributed by atoms with E-state index in [1.54, 1.807) is 11.7 Å². The summed E-state index contributed by atoms with van der Waals surface area (Å²) in [6, 6.07) is 15.2. The van der Waals surface area contributed by atoms with Crippen molar-refractivity contribution in [3.05, 3.63) is 96.2 Å². The number of fused-ring (bicyclic) bond motifs is 1. The van der Waals surface area contributed by atoms with E-state index in [9.17, 15) is 9.59 Å². The van der Waals surface area contributed by atoms with Gasteiger partial charge in [0.1, 0.15) is 5.75 Å². The van der Waals surface area contributed by atoms with Gasteiger partial charge in [0.05, 0.1) is 23.4 Å². The lowest BCUT2D eigenvalue weighted by atomic mass is 9.86. The van der Waals surface area contributed by atoms with Crippen LogP contribution in [0.4, 0.5) is 0 Å². The van der Waals surface area contributed by atoms with Gasteiger partial charge in [-0.2, -0.15) is 0 Å². The number of aryl methyl sites for hydroxylation is 1. The summed E-state index contributed by atoms with van der Waals surface area (Å²) >= 11 is 1.38. The summed E-state index contributed by atoms with van der Waals surface area (Å²) in [5.74, 6) is 0.818. The summed E-state index contributed by atoms with van der Waals surface area (Å²) in [7, 11) is 1.62. The van der Waals surface area contributed by atoms with Crippen LogP contribution in [0, 0.1) is 6.92 Å². The number of carbonyl (C=O) groups is 1. The Hall–Kier alpha value is -3.25. The normalized spacial score (nSPS) is 18.5. The van der Waals surface area contributed by atoms with Crippen molar-refractivity contribution in [1.29, 1.82) is 0 Å². The first-order valence-electron chi connectivity index (χ1n) is 10.3. The molecule has 1 unspecified atom stereocenters. The average molecular weight is 431 g/mol. The maximum atomic E-state index is 13.5. The molecule has 5 rings (SSSR count). The highest BCUT2D eigenvalue weighted by Crippen LogP contribution is 2.36. The maximum Gasteiger partial charge on any atom is 0.271 e. The molecule has 5 nitrogen and oxygen atoms in total. The number of benzene rings is 2. The molecule has 3 aromatic rings. The highest BCUT2D eigenvalue weighted by Gasteiger charge is 2.34. The smallest absolute Gasteiger partial charge is 0.271 e. The monoisotopic (exact) mass is 430 g/mol. The molecule has 1 aliphatic carbocycles. The number of ketones is 1. The number of carbonyl (C=O) groups excluding carboxylic acids is 1. The molecule has 31 heavy (non-hydrogen) atoms. The summed E-state index contributed by atoms with van der Waals surface area (Å²) in [5, 5.41) is 0. The molecule has 1 atom stereocenters. The van der Waals surface area contributed by atoms with E-state index in [0.29, 0.717) is 21.3 Å². The Morgan fingerprint density at radius 3 is 2.52 bits per heavy atom. The number of ether oxygens (including phenoxy) is 1. The lowest BCUT2D eigenvalue weighted by Gasteiger charge is -2.28. The molecule has 2 aromatic carbocycles. The molecule has 0 amide bonds. The van der Waals surface area contributed by atoms with E-state index < -0.39 is 6.04 Å². The molecule has 0 spiro atoms. The third-order valence-electron chi connectivity index (χ3n) is 5.83. The third kappa shape index (κ3) is 3.47. The minimum atomic E-state index is -0.454. The third-order valence-corrected chi connectivity index (χ3v) is 6.82. The van der Waals surface area contributed by atoms with E-state index >= 15 is 0 Å². The predicted octanol–water partition coefficient (Wildman–Crippen LogP) is 3.29. The zero-order valence-electron chi connectivity index (χ0n) is 17.4. The lowest BCUT2D eigenvalue weighted by molar-refractivity contribution is -0.116. The Balaban J connectivity index is 1.73. The molecule has 6 heteroatoms. The summed E-state index contributed by atoms with van der Waals surface area (Å²) in [5.41, 5.74) is 4.39. The van der Waals surface area contributed by atoms with Crippen LogP contribution in [-0.2, 0) is 4.79 Å². The Kier molecular flexibility index (Phi) is 4.94. The van der Waals surface area contributed by atoms with E-state index in [2.05, 4.69) is 0 Å². The van der Waals surface area contributed by atoms with E-state index in [4.69, 9.17) is 9.73 Å². The molecule has 0 fully saturated rings. The molecule has 156 valence electrons. The molecule has 0 bridgehead atoms. The fourth-order valence-corrected chi connectivity index (χ4v) is 5.25. The standard InChI is InChI=1S/C25H22N2O3S/c1-15-6-8-16(9-7-15)14-21-24(29)27-23(17-10-12-18(30-2)13-11-17)22-19(26-25(27)31-21)4-3-5-20(22)28/h6-14,23H,3-5H2,1-2H3. The second kappa shape index (κ2) is 7.78. The molecule has 0 radical (unpaired) electrons. The first-order chi connectivity index (χ1) is 15.0. The topological polar surface area (TPSA) is 60.7 Å². The van der Waals surface area contributed by atoms with Gasteiger partial charge in [-0.3, -0.25) is 14.2 Å². The number of hydrogen-bond acceptors (Lipinski definition) is 5. The van der Waals surface area contributed by atoms with Crippen LogP contribution < -0.4 is 19.6 Å². The van der Waals surface area contributed by atoms with Crippen LogP contribution in [0.15, 0.2) is 69.6 Å². The molecular weight excluding hydrogens is 408 g/mol. The van der Waals surface area contributed by atoms with Gasteiger partial charge in [-0.15, -0.1) is 0 Å². The van der Waals surface area contributed by atoms with Gasteiger partial charge in [0.2, 0.25) is 0 Å². The quantitative estimate of drug-likeness (QED) is 0.641. The van der Waals surface area contributed by atoms with E-state index in [1.807, 2.05) is 61.5 Å². The first-order valence-corrected chi connectivity index (χ1v) is 11.2. The Bertz CT molecular complexity index is 1380. The van der Waals surface area contributed by atoms with Gasteiger partial charge in [-0.1, -0.05) is 53.3 Å². The van der Waals surface area contributed by atoms with Crippen LogP contribution in [0.3, 0.4) is 0 Å². The Morgan fingerprint density at radius 2 is 1.81 bits per heavy atom. The zero-order valence-corrected chi connectivity index (χ0v) is 18.2. The predicted molar refractivity (Wildman–Crippen MR) is 121 cm³/mol. The van der Waals surface area contributed by atoms with Crippen molar-refractivity contribution in [2.45, 2.75) is 32.2 Å². The highest BCUT2D eigenvalue weighted by molar-refractivity contribution is 7.07. The number of nitrogens with zero attached hydrogens (tertiary/aromatic N) is 2. The largest absolute Gasteiger partial charge is 0.497 e. The number of thiazole rings is 1. The van der Waals surface area contributed by atoms with Gasteiger partial charge in [0.15, 0.2) is 10.6 Å². The summed E-state index contributed by atoms with van der Waals surface area (Å²) in [6.07, 6.45) is 3.96. The van der Waals surface area contributed by atoms with Crippen LogP contribution in [0.5, 0.6) is 5.75 Å². The van der Waals surface area contributed by atoms with E-state index in [1.165, 1.54) is 16.9 Å². The number of aromatic nitrogens is 1. The van der Waals surface area contributed by atoms with Crippen LogP contribution in [0.25, 0.3) is 6.08 Å². The van der Waals surface area contributed by atoms with Crippen molar-refractivity contribution in [3.63, 3.8) is 0 Å². The Morgan fingerprint density at radius 1 is 1.06 bits per heavy atom. The van der Waals surface area contributed by atoms with Gasteiger partial charge >= 0.3 is 0 Å². The Labute approximate surface area is 183 Å². The second-order valence-corrected chi connectivity index (χ2v) is 8.91. The minimum absolute atomic E-state index is 0.0821. The summed E-state index contributed by atoms with van der Waals surface area (Å²) < 4.78 is 7.60. The minimum Gasteiger partial charge on any atom is -0.497 e. The van der Waals surface area contributed by atoms with Crippen molar-refractivity contribution in [1.82, 2.24) is 4.57 Å². The van der Waals surface area contributed by atoms with Gasteiger partial charge in [0.25, 0.3) is 5.56 Å². The SMILES string of the molecule is COc1ccc(C2C3=C(CCCC3=O)N=c3sc(=Cc4ccc(C)cc4)c(=O)n32)cc1. The number of rotatable bonds is 3. The molecule has 1 aromatic heterocycles. The molecule has 2 heterocycles. The molecule has 1 aliphatic heterocycles. The molecule has 0 saturated carbocycles. The van der Waals surface area contributed by atoms with Crippen LogP contribution >= 0.6 is 11.3 Å². The lowest BCUT2D eigenvalue weighted by Crippen LogP contribution is -2.40. The molecule has 2 aliphatic rings. The number of methoxy groups -OCH3 is 1. The van der Waals surface area contributed by atoms with E-state index in [-0.39, 0.29) is 11.3 Å². The summed E-state index contributed by atoms with van der Waals surface area (Å²) in [6.45, 7) is 2.04. The summed E-state index contributed by atoms with van der Waals surface area (Å²) in [4.78, 5) is 31.8. The van der Waals surface area contributed by atoms with Crippen molar-refractivity contribution < 1.29 is 9.53 Å². The van der Waals surface area contributed by atoms with Crippen molar-refractivity contribution in [2.24, 2.45) is 4.99 Å². The first kappa shape index (κ1) is 19.7. The molecule has 0 saturated heterocycles. The van der Waals surface area contributed by atoms with Crippen molar-refractivity contribution >= 4 is 23.2 Å². The van der Waals surface area contributed by atoms with Gasteiger partial charge in [-0.25, -0.2) is 4.99 Å².